The highest BCUT2D eigenvalue weighted by Gasteiger charge is 2.28. The van der Waals surface area contributed by atoms with Crippen LogP contribution in [0.2, 0.25) is 0 Å². The van der Waals surface area contributed by atoms with Crippen molar-refractivity contribution < 1.29 is 12.6 Å². The normalized spacial score (nSPS) is 23.1. The first-order chi connectivity index (χ1) is 11.5. The van der Waals surface area contributed by atoms with Gasteiger partial charge < -0.3 is 4.90 Å². The van der Waals surface area contributed by atoms with Crippen LogP contribution < -0.4 is 0 Å². The van der Waals surface area contributed by atoms with Crippen LogP contribution in [0.25, 0.3) is 0 Å². The van der Waals surface area contributed by atoms with Gasteiger partial charge in [-0.3, -0.25) is 9.08 Å². The van der Waals surface area contributed by atoms with Crippen LogP contribution in [0.15, 0.2) is 29.2 Å². The molecule has 24 heavy (non-hydrogen) atoms. The Bertz CT molecular complexity index is 630. The maximum Gasteiger partial charge on any atom is 0.296 e. The van der Waals surface area contributed by atoms with Gasteiger partial charge in [0.1, 0.15) is 0 Å². The molecule has 2 aliphatic rings. The molecule has 0 spiro atoms. The van der Waals surface area contributed by atoms with Gasteiger partial charge in [0.25, 0.3) is 10.1 Å². The number of rotatable bonds is 6. The van der Waals surface area contributed by atoms with E-state index in [1.807, 2.05) is 6.92 Å². The zero-order valence-corrected chi connectivity index (χ0v) is 15.3. The number of aryl methyl sites for hydroxylation is 1. The van der Waals surface area contributed by atoms with Gasteiger partial charge >= 0.3 is 0 Å². The second-order valence-corrected chi connectivity index (χ2v) is 8.54. The Morgan fingerprint density at radius 1 is 1.12 bits per heavy atom. The van der Waals surface area contributed by atoms with Crippen LogP contribution in [0.4, 0.5) is 0 Å². The molecule has 134 valence electrons. The number of benzene rings is 1. The standard InChI is InChI=1S/C18H28N2O3S/c1-16-6-8-18(9-7-16)24(21,22)23-14-4-10-19-12-13-20-11-3-2-5-17(20)15-19/h6-9,17H,2-5,10-15H2,1H3. The first kappa shape index (κ1) is 17.9. The number of hydrogen-bond acceptors (Lipinski definition) is 5. The van der Waals surface area contributed by atoms with Crippen LogP contribution in [0.3, 0.4) is 0 Å². The van der Waals surface area contributed by atoms with Gasteiger partial charge in [-0.25, -0.2) is 0 Å². The molecule has 0 aromatic heterocycles. The molecule has 2 saturated heterocycles. The maximum atomic E-state index is 12.1. The SMILES string of the molecule is Cc1ccc(S(=O)(=O)OCCCN2CCN3CCCCC3C2)cc1. The molecule has 3 rings (SSSR count). The van der Waals surface area contributed by atoms with Crippen molar-refractivity contribution in [2.45, 2.75) is 43.5 Å². The average Bonchev–Trinajstić information content (AvgIpc) is 2.59. The Balaban J connectivity index is 1.41. The summed E-state index contributed by atoms with van der Waals surface area (Å²) in [5.74, 6) is 0. The van der Waals surface area contributed by atoms with Crippen LogP contribution in [0.5, 0.6) is 0 Å². The minimum absolute atomic E-state index is 0.240. The highest BCUT2D eigenvalue weighted by molar-refractivity contribution is 7.86. The minimum Gasteiger partial charge on any atom is -0.300 e. The lowest BCUT2D eigenvalue weighted by atomic mass is 9.99. The lowest BCUT2D eigenvalue weighted by Crippen LogP contribution is -2.54. The predicted molar refractivity (Wildman–Crippen MR) is 94.6 cm³/mol. The third-order valence-electron chi connectivity index (χ3n) is 5.09. The quantitative estimate of drug-likeness (QED) is 0.581. The summed E-state index contributed by atoms with van der Waals surface area (Å²) >= 11 is 0. The molecule has 1 atom stereocenters. The summed E-state index contributed by atoms with van der Waals surface area (Å²) in [6.07, 6.45) is 4.72. The average molecular weight is 353 g/mol. The number of hydrogen-bond donors (Lipinski definition) is 0. The van der Waals surface area contributed by atoms with Gasteiger partial charge in [0.15, 0.2) is 0 Å². The van der Waals surface area contributed by atoms with Crippen molar-refractivity contribution in [2.75, 3.05) is 39.3 Å². The van der Waals surface area contributed by atoms with E-state index in [1.54, 1.807) is 24.3 Å². The zero-order valence-electron chi connectivity index (χ0n) is 14.5. The van der Waals surface area contributed by atoms with E-state index in [4.69, 9.17) is 4.18 Å². The summed E-state index contributed by atoms with van der Waals surface area (Å²) in [5, 5.41) is 0. The minimum atomic E-state index is -3.63. The summed E-state index contributed by atoms with van der Waals surface area (Å²) in [7, 11) is -3.63. The van der Waals surface area contributed by atoms with Crippen molar-refractivity contribution in [3.8, 4) is 0 Å². The molecule has 5 nitrogen and oxygen atoms in total. The Morgan fingerprint density at radius 2 is 1.92 bits per heavy atom. The number of piperidine rings is 1. The fourth-order valence-electron chi connectivity index (χ4n) is 3.65. The van der Waals surface area contributed by atoms with Gasteiger partial charge in [0.05, 0.1) is 11.5 Å². The van der Waals surface area contributed by atoms with E-state index in [9.17, 15) is 8.42 Å². The van der Waals surface area contributed by atoms with Crippen LogP contribution in [0.1, 0.15) is 31.2 Å². The van der Waals surface area contributed by atoms with Crippen molar-refractivity contribution in [3.05, 3.63) is 29.8 Å². The van der Waals surface area contributed by atoms with Gasteiger partial charge in [0, 0.05) is 32.2 Å². The molecule has 0 aliphatic carbocycles. The summed E-state index contributed by atoms with van der Waals surface area (Å²) < 4.78 is 29.5. The Labute approximate surface area is 145 Å². The monoisotopic (exact) mass is 352 g/mol. The maximum absolute atomic E-state index is 12.1. The summed E-state index contributed by atoms with van der Waals surface area (Å²) in [6.45, 7) is 7.69. The van der Waals surface area contributed by atoms with Gasteiger partial charge in [-0.15, -0.1) is 0 Å². The van der Waals surface area contributed by atoms with Crippen molar-refractivity contribution in [1.29, 1.82) is 0 Å². The van der Waals surface area contributed by atoms with E-state index in [0.717, 1.165) is 38.2 Å². The van der Waals surface area contributed by atoms with Gasteiger partial charge in [-0.1, -0.05) is 24.1 Å². The predicted octanol–water partition coefficient (Wildman–Crippen LogP) is 2.26. The summed E-state index contributed by atoms with van der Waals surface area (Å²) in [4.78, 5) is 5.30. The van der Waals surface area contributed by atoms with Gasteiger partial charge in [0.2, 0.25) is 0 Å². The van der Waals surface area contributed by atoms with Crippen molar-refractivity contribution in [2.24, 2.45) is 0 Å². The first-order valence-electron chi connectivity index (χ1n) is 8.97. The van der Waals surface area contributed by atoms with E-state index < -0.39 is 10.1 Å². The van der Waals surface area contributed by atoms with Crippen LogP contribution >= 0.6 is 0 Å². The highest BCUT2D eigenvalue weighted by atomic mass is 32.2. The molecular weight excluding hydrogens is 324 g/mol. The molecule has 0 radical (unpaired) electrons. The van der Waals surface area contributed by atoms with Crippen LogP contribution in [-0.2, 0) is 14.3 Å². The van der Waals surface area contributed by atoms with E-state index in [1.165, 1.54) is 25.8 Å². The van der Waals surface area contributed by atoms with Crippen molar-refractivity contribution in [1.82, 2.24) is 9.80 Å². The van der Waals surface area contributed by atoms with Gasteiger partial charge in [-0.05, 0) is 44.9 Å². The molecule has 6 heteroatoms. The van der Waals surface area contributed by atoms with Crippen molar-refractivity contribution in [3.63, 3.8) is 0 Å². The summed E-state index contributed by atoms with van der Waals surface area (Å²) in [6, 6.07) is 7.49. The first-order valence-corrected chi connectivity index (χ1v) is 10.4. The summed E-state index contributed by atoms with van der Waals surface area (Å²) in [5.41, 5.74) is 1.04. The molecule has 1 aromatic rings. The fraction of sp³-hybridized carbons (Fsp3) is 0.667. The van der Waals surface area contributed by atoms with Crippen LogP contribution in [-0.4, -0.2) is 63.6 Å². The van der Waals surface area contributed by atoms with E-state index in [0.29, 0.717) is 6.04 Å². The number of fused-ring (bicyclic) bond motifs is 1. The molecule has 0 saturated carbocycles. The van der Waals surface area contributed by atoms with Crippen molar-refractivity contribution >= 4 is 10.1 Å². The highest BCUT2D eigenvalue weighted by Crippen LogP contribution is 2.21. The lowest BCUT2D eigenvalue weighted by Gasteiger charge is -2.44. The van der Waals surface area contributed by atoms with E-state index in [2.05, 4.69) is 9.80 Å². The Kier molecular flexibility index (Phi) is 5.92. The van der Waals surface area contributed by atoms with E-state index >= 15 is 0 Å². The molecular formula is C18H28N2O3S. The zero-order chi connectivity index (χ0) is 17.0. The molecule has 2 fully saturated rings. The second kappa shape index (κ2) is 7.95. The molecule has 1 unspecified atom stereocenters. The third-order valence-corrected chi connectivity index (χ3v) is 6.41. The third kappa shape index (κ3) is 4.57. The molecule has 2 aliphatic heterocycles. The second-order valence-electron chi connectivity index (χ2n) is 6.93. The van der Waals surface area contributed by atoms with Crippen LogP contribution in [0, 0.1) is 6.92 Å². The molecule has 0 amide bonds. The molecule has 0 N–H and O–H groups in total. The Morgan fingerprint density at radius 3 is 2.71 bits per heavy atom. The topological polar surface area (TPSA) is 49.9 Å². The Hall–Kier alpha value is -0.950. The largest absolute Gasteiger partial charge is 0.300 e. The molecule has 0 bridgehead atoms. The number of piperazine rings is 1. The fourth-order valence-corrected chi connectivity index (χ4v) is 4.60. The molecule has 2 heterocycles. The lowest BCUT2D eigenvalue weighted by molar-refractivity contribution is 0.0472. The number of nitrogens with zero attached hydrogens (tertiary/aromatic N) is 2. The van der Waals surface area contributed by atoms with Gasteiger partial charge in [-0.2, -0.15) is 8.42 Å². The molecule has 1 aromatic carbocycles. The smallest absolute Gasteiger partial charge is 0.296 e. The van der Waals surface area contributed by atoms with E-state index in [-0.39, 0.29) is 11.5 Å².